The van der Waals surface area contributed by atoms with Crippen molar-refractivity contribution in [2.75, 3.05) is 13.1 Å². The summed E-state index contributed by atoms with van der Waals surface area (Å²) < 4.78 is 1.80. The second-order valence-electron chi connectivity index (χ2n) is 6.32. The standard InChI is InChI=1S/C18H18ClN5O/c1-23-10-13(8-21-23)12-6-7-24(11-12)18(25)15-9-20-22-17(15)14-4-2-3-5-16(14)19/h2-5,8-10,12H,6-7,11H2,1H3,(H,20,22). The molecule has 7 heteroatoms. The molecule has 0 spiro atoms. The third-order valence-corrected chi connectivity index (χ3v) is 5.01. The Kier molecular flexibility index (Phi) is 4.05. The molecule has 3 heterocycles. The highest BCUT2D eigenvalue weighted by Crippen LogP contribution is 2.32. The molecule has 0 aliphatic carbocycles. The minimum atomic E-state index is -0.0185. The number of amides is 1. The maximum Gasteiger partial charge on any atom is 0.257 e. The first kappa shape index (κ1) is 15.9. The molecular weight excluding hydrogens is 338 g/mol. The van der Waals surface area contributed by atoms with Gasteiger partial charge in [-0.15, -0.1) is 0 Å². The quantitative estimate of drug-likeness (QED) is 0.785. The van der Waals surface area contributed by atoms with Crippen LogP contribution in [0.3, 0.4) is 0 Å². The van der Waals surface area contributed by atoms with E-state index in [4.69, 9.17) is 11.6 Å². The van der Waals surface area contributed by atoms with Gasteiger partial charge in [0, 0.05) is 42.8 Å². The van der Waals surface area contributed by atoms with Gasteiger partial charge in [-0.25, -0.2) is 0 Å². The Morgan fingerprint density at radius 2 is 2.16 bits per heavy atom. The van der Waals surface area contributed by atoms with Gasteiger partial charge < -0.3 is 4.90 Å². The van der Waals surface area contributed by atoms with E-state index in [0.29, 0.717) is 28.7 Å². The van der Waals surface area contributed by atoms with Crippen LogP contribution in [0.1, 0.15) is 28.3 Å². The molecule has 0 bridgehead atoms. The Morgan fingerprint density at radius 3 is 2.92 bits per heavy atom. The molecule has 6 nitrogen and oxygen atoms in total. The average molecular weight is 356 g/mol. The van der Waals surface area contributed by atoms with Crippen LogP contribution in [0.5, 0.6) is 0 Å². The average Bonchev–Trinajstić information content (AvgIpc) is 3.34. The number of aromatic nitrogens is 4. The molecule has 1 unspecified atom stereocenters. The maximum atomic E-state index is 13.0. The summed E-state index contributed by atoms with van der Waals surface area (Å²) in [7, 11) is 1.91. The lowest BCUT2D eigenvalue weighted by Crippen LogP contribution is -2.28. The molecule has 1 saturated heterocycles. The molecule has 1 fully saturated rings. The number of likely N-dealkylation sites (tertiary alicyclic amines) is 1. The fraction of sp³-hybridized carbons (Fsp3) is 0.278. The summed E-state index contributed by atoms with van der Waals surface area (Å²) in [5.74, 6) is 0.309. The second kappa shape index (κ2) is 6.37. The smallest absolute Gasteiger partial charge is 0.257 e. The van der Waals surface area contributed by atoms with Gasteiger partial charge in [-0.05, 0) is 18.1 Å². The third-order valence-electron chi connectivity index (χ3n) is 4.68. The Morgan fingerprint density at radius 1 is 1.32 bits per heavy atom. The van der Waals surface area contributed by atoms with E-state index in [1.807, 2.05) is 42.5 Å². The van der Waals surface area contributed by atoms with Crippen LogP contribution in [-0.2, 0) is 7.05 Å². The molecule has 0 saturated carbocycles. The summed E-state index contributed by atoms with van der Waals surface area (Å²) in [4.78, 5) is 14.9. The number of nitrogens with zero attached hydrogens (tertiary/aromatic N) is 4. The molecule has 1 aliphatic rings. The number of benzene rings is 1. The van der Waals surface area contributed by atoms with Crippen LogP contribution in [0.15, 0.2) is 42.9 Å². The minimum absolute atomic E-state index is 0.0185. The molecule has 0 radical (unpaired) electrons. The lowest BCUT2D eigenvalue weighted by atomic mass is 10.0. The summed E-state index contributed by atoms with van der Waals surface area (Å²) in [5.41, 5.74) is 3.18. The van der Waals surface area contributed by atoms with Crippen LogP contribution in [0.2, 0.25) is 5.02 Å². The van der Waals surface area contributed by atoms with Gasteiger partial charge in [0.05, 0.1) is 23.7 Å². The van der Waals surface area contributed by atoms with Crippen molar-refractivity contribution in [2.45, 2.75) is 12.3 Å². The number of hydrogen-bond donors (Lipinski definition) is 1. The van der Waals surface area contributed by atoms with Crippen molar-refractivity contribution in [3.63, 3.8) is 0 Å². The summed E-state index contributed by atoms with van der Waals surface area (Å²) in [6.07, 6.45) is 6.42. The van der Waals surface area contributed by atoms with Crippen molar-refractivity contribution in [3.05, 3.63) is 59.0 Å². The van der Waals surface area contributed by atoms with Gasteiger partial charge in [-0.2, -0.15) is 10.2 Å². The molecule has 4 rings (SSSR count). The molecule has 25 heavy (non-hydrogen) atoms. The number of H-pyrrole nitrogens is 1. The van der Waals surface area contributed by atoms with Gasteiger partial charge in [-0.1, -0.05) is 29.8 Å². The maximum absolute atomic E-state index is 13.0. The number of nitrogens with one attached hydrogen (secondary N) is 1. The van der Waals surface area contributed by atoms with E-state index in [1.54, 1.807) is 16.9 Å². The molecule has 1 aliphatic heterocycles. The zero-order chi connectivity index (χ0) is 17.4. The Balaban J connectivity index is 1.57. The summed E-state index contributed by atoms with van der Waals surface area (Å²) >= 11 is 6.28. The van der Waals surface area contributed by atoms with Gasteiger partial charge in [0.2, 0.25) is 0 Å². The lowest BCUT2D eigenvalue weighted by Gasteiger charge is -2.16. The summed E-state index contributed by atoms with van der Waals surface area (Å²) in [5, 5.41) is 11.8. The molecule has 2 aromatic heterocycles. The highest BCUT2D eigenvalue weighted by Gasteiger charge is 2.30. The van der Waals surface area contributed by atoms with Gasteiger partial charge in [-0.3, -0.25) is 14.6 Å². The Bertz CT molecular complexity index is 916. The van der Waals surface area contributed by atoms with E-state index < -0.39 is 0 Å². The number of carbonyl (C=O) groups is 1. The van der Waals surface area contributed by atoms with E-state index in [-0.39, 0.29) is 5.91 Å². The predicted molar refractivity (Wildman–Crippen MR) is 95.5 cm³/mol. The van der Waals surface area contributed by atoms with Gasteiger partial charge in [0.1, 0.15) is 0 Å². The third kappa shape index (κ3) is 2.93. The van der Waals surface area contributed by atoms with Crippen LogP contribution < -0.4 is 0 Å². The largest absolute Gasteiger partial charge is 0.338 e. The van der Waals surface area contributed by atoms with E-state index in [9.17, 15) is 4.79 Å². The number of aromatic amines is 1. The monoisotopic (exact) mass is 355 g/mol. The fourth-order valence-corrected chi connectivity index (χ4v) is 3.59. The topological polar surface area (TPSA) is 66.8 Å². The first-order valence-electron chi connectivity index (χ1n) is 8.19. The van der Waals surface area contributed by atoms with Gasteiger partial charge in [0.15, 0.2) is 0 Å². The highest BCUT2D eigenvalue weighted by molar-refractivity contribution is 6.33. The van der Waals surface area contributed by atoms with Crippen LogP contribution >= 0.6 is 11.6 Å². The van der Waals surface area contributed by atoms with E-state index in [1.165, 1.54) is 5.56 Å². The Hall–Kier alpha value is -2.60. The van der Waals surface area contributed by atoms with Crippen LogP contribution in [-0.4, -0.2) is 43.9 Å². The zero-order valence-corrected chi connectivity index (χ0v) is 14.6. The van der Waals surface area contributed by atoms with E-state index in [2.05, 4.69) is 15.3 Å². The number of rotatable bonds is 3. The second-order valence-corrected chi connectivity index (χ2v) is 6.73. The zero-order valence-electron chi connectivity index (χ0n) is 13.8. The van der Waals surface area contributed by atoms with Crippen molar-refractivity contribution in [3.8, 4) is 11.3 Å². The van der Waals surface area contributed by atoms with Crippen LogP contribution in [0.25, 0.3) is 11.3 Å². The van der Waals surface area contributed by atoms with Crippen molar-refractivity contribution in [1.29, 1.82) is 0 Å². The highest BCUT2D eigenvalue weighted by atomic mass is 35.5. The fourth-order valence-electron chi connectivity index (χ4n) is 3.36. The SMILES string of the molecule is Cn1cc(C2CCN(C(=O)c3cn[nH]c3-c3ccccc3Cl)C2)cn1. The molecule has 1 atom stereocenters. The lowest BCUT2D eigenvalue weighted by molar-refractivity contribution is 0.0791. The van der Waals surface area contributed by atoms with E-state index in [0.717, 1.165) is 18.5 Å². The minimum Gasteiger partial charge on any atom is -0.338 e. The summed E-state index contributed by atoms with van der Waals surface area (Å²) in [6.45, 7) is 1.42. The summed E-state index contributed by atoms with van der Waals surface area (Å²) in [6, 6.07) is 7.45. The molecular formula is C18H18ClN5O. The molecule has 1 amide bonds. The number of halogens is 1. The molecule has 1 N–H and O–H groups in total. The number of hydrogen-bond acceptors (Lipinski definition) is 3. The Labute approximate surface area is 150 Å². The first-order chi connectivity index (χ1) is 12.1. The molecule has 3 aromatic rings. The predicted octanol–water partition coefficient (Wildman–Crippen LogP) is 3.09. The van der Waals surface area contributed by atoms with Crippen LogP contribution in [0, 0.1) is 0 Å². The molecule has 128 valence electrons. The number of carbonyl (C=O) groups excluding carboxylic acids is 1. The van der Waals surface area contributed by atoms with Crippen molar-refractivity contribution < 1.29 is 4.79 Å². The van der Waals surface area contributed by atoms with Gasteiger partial charge in [0.25, 0.3) is 5.91 Å². The first-order valence-corrected chi connectivity index (χ1v) is 8.57. The number of aryl methyl sites for hydroxylation is 1. The van der Waals surface area contributed by atoms with Gasteiger partial charge >= 0.3 is 0 Å². The van der Waals surface area contributed by atoms with Crippen LogP contribution in [0.4, 0.5) is 0 Å². The normalized spacial score (nSPS) is 17.2. The van der Waals surface area contributed by atoms with E-state index >= 15 is 0 Å². The van der Waals surface area contributed by atoms with Crippen molar-refractivity contribution in [1.82, 2.24) is 24.9 Å². The van der Waals surface area contributed by atoms with Crippen molar-refractivity contribution in [2.24, 2.45) is 7.05 Å². The van der Waals surface area contributed by atoms with Crippen molar-refractivity contribution >= 4 is 17.5 Å². The molecule has 1 aromatic carbocycles.